The standard InChI is InChI=1S/C18H34N2O3.CH2O3/c1-17(2,3)12-14(20-16(22)23-18(4,5)6)15(21)19-13-10-8-7-9-11-13;2-1(3)4/h13-14H,7-12H2,1-6H3,(H,19,21)(H,20,22);(H2,2,3,4)/t14-;/m1./s1. The molecule has 1 atom stereocenters. The van der Waals surface area contributed by atoms with Gasteiger partial charge in [0.25, 0.3) is 0 Å². The van der Waals surface area contributed by atoms with E-state index in [1.165, 1.54) is 6.42 Å². The molecule has 1 saturated carbocycles. The Morgan fingerprint density at radius 1 is 1.00 bits per heavy atom. The SMILES string of the molecule is CC(C)(C)C[C@@H](NC(=O)OC(C)(C)C)C(=O)NC1CCCCC1.O=C(O)O. The Bertz CT molecular complexity index is 483. The van der Waals surface area contributed by atoms with E-state index in [1.54, 1.807) is 0 Å². The van der Waals surface area contributed by atoms with E-state index in [1.807, 2.05) is 20.8 Å². The van der Waals surface area contributed by atoms with Gasteiger partial charge in [0.1, 0.15) is 11.6 Å². The minimum Gasteiger partial charge on any atom is -0.450 e. The van der Waals surface area contributed by atoms with Gasteiger partial charge in [-0.2, -0.15) is 0 Å². The average Bonchev–Trinajstić information content (AvgIpc) is 2.43. The molecule has 0 heterocycles. The summed E-state index contributed by atoms with van der Waals surface area (Å²) in [5.41, 5.74) is -0.639. The number of nitrogens with one attached hydrogen (secondary N) is 2. The summed E-state index contributed by atoms with van der Waals surface area (Å²) in [5, 5.41) is 19.8. The molecule has 0 aliphatic heterocycles. The van der Waals surface area contributed by atoms with Gasteiger partial charge in [-0.1, -0.05) is 40.0 Å². The maximum absolute atomic E-state index is 12.6. The lowest BCUT2D eigenvalue weighted by Gasteiger charge is -2.30. The van der Waals surface area contributed by atoms with Crippen molar-refractivity contribution in [3.63, 3.8) is 0 Å². The maximum Gasteiger partial charge on any atom is 0.503 e. The fourth-order valence-electron chi connectivity index (χ4n) is 2.82. The van der Waals surface area contributed by atoms with Crippen LogP contribution in [0.5, 0.6) is 0 Å². The molecular weight excluding hydrogens is 352 g/mol. The molecule has 8 heteroatoms. The zero-order valence-electron chi connectivity index (χ0n) is 17.4. The van der Waals surface area contributed by atoms with Gasteiger partial charge in [0, 0.05) is 6.04 Å². The third-order valence-corrected chi connectivity index (χ3v) is 3.78. The van der Waals surface area contributed by atoms with E-state index in [2.05, 4.69) is 31.4 Å². The topological polar surface area (TPSA) is 125 Å². The van der Waals surface area contributed by atoms with Crippen molar-refractivity contribution in [2.75, 3.05) is 0 Å². The second-order valence-corrected chi connectivity index (χ2v) is 9.09. The van der Waals surface area contributed by atoms with Crippen LogP contribution in [-0.4, -0.2) is 46.1 Å². The molecule has 1 rings (SSSR count). The number of carboxylic acid groups (broad SMARTS) is 2. The van der Waals surface area contributed by atoms with E-state index in [9.17, 15) is 9.59 Å². The van der Waals surface area contributed by atoms with Crippen LogP contribution in [0.3, 0.4) is 0 Å². The molecule has 1 fully saturated rings. The Labute approximate surface area is 162 Å². The molecule has 0 bridgehead atoms. The van der Waals surface area contributed by atoms with Crippen molar-refractivity contribution in [1.82, 2.24) is 10.6 Å². The van der Waals surface area contributed by atoms with Crippen LogP contribution in [-0.2, 0) is 9.53 Å². The number of hydrogen-bond donors (Lipinski definition) is 4. The van der Waals surface area contributed by atoms with E-state index >= 15 is 0 Å². The Morgan fingerprint density at radius 2 is 1.48 bits per heavy atom. The van der Waals surface area contributed by atoms with Crippen molar-refractivity contribution in [1.29, 1.82) is 0 Å². The van der Waals surface area contributed by atoms with Crippen molar-refractivity contribution in [2.45, 2.75) is 97.8 Å². The molecule has 0 saturated heterocycles. The summed E-state index contributed by atoms with van der Waals surface area (Å²) in [6, 6.07) is -0.328. The molecule has 158 valence electrons. The lowest BCUT2D eigenvalue weighted by Crippen LogP contribution is -2.52. The Morgan fingerprint density at radius 3 is 1.89 bits per heavy atom. The fraction of sp³-hybridized carbons (Fsp3) is 0.842. The summed E-state index contributed by atoms with van der Waals surface area (Å²) < 4.78 is 5.29. The second-order valence-electron chi connectivity index (χ2n) is 9.09. The summed E-state index contributed by atoms with van der Waals surface area (Å²) in [5.74, 6) is -0.0994. The van der Waals surface area contributed by atoms with Crippen LogP contribution < -0.4 is 10.6 Å². The lowest BCUT2D eigenvalue weighted by atomic mass is 9.87. The summed E-state index contributed by atoms with van der Waals surface area (Å²) >= 11 is 0. The Balaban J connectivity index is 0.00000153. The Hall–Kier alpha value is -1.99. The van der Waals surface area contributed by atoms with Crippen LogP contribution in [0, 0.1) is 5.41 Å². The number of alkyl carbamates (subject to hydrolysis) is 1. The van der Waals surface area contributed by atoms with Crippen molar-refractivity contribution in [3.8, 4) is 0 Å². The molecule has 4 N–H and O–H groups in total. The van der Waals surface area contributed by atoms with E-state index in [0.29, 0.717) is 6.42 Å². The van der Waals surface area contributed by atoms with Gasteiger partial charge in [0.05, 0.1) is 0 Å². The highest BCUT2D eigenvalue weighted by Gasteiger charge is 2.30. The first-order valence-corrected chi connectivity index (χ1v) is 9.41. The largest absolute Gasteiger partial charge is 0.503 e. The lowest BCUT2D eigenvalue weighted by molar-refractivity contribution is -0.124. The van der Waals surface area contributed by atoms with E-state index in [-0.39, 0.29) is 17.4 Å². The summed E-state index contributed by atoms with van der Waals surface area (Å²) in [4.78, 5) is 33.2. The number of hydrogen-bond acceptors (Lipinski definition) is 4. The number of amides is 2. The van der Waals surface area contributed by atoms with Gasteiger partial charge >= 0.3 is 12.2 Å². The first-order chi connectivity index (χ1) is 12.2. The smallest absolute Gasteiger partial charge is 0.450 e. The van der Waals surface area contributed by atoms with Crippen LogP contribution >= 0.6 is 0 Å². The van der Waals surface area contributed by atoms with Gasteiger partial charge in [-0.05, 0) is 45.4 Å². The highest BCUT2D eigenvalue weighted by Crippen LogP contribution is 2.22. The summed E-state index contributed by atoms with van der Waals surface area (Å²) in [6.45, 7) is 11.6. The molecule has 0 aromatic carbocycles. The first-order valence-electron chi connectivity index (χ1n) is 9.41. The van der Waals surface area contributed by atoms with Crippen LogP contribution in [0.15, 0.2) is 0 Å². The minimum atomic E-state index is -1.83. The molecule has 0 unspecified atom stereocenters. The molecule has 0 spiro atoms. The molecule has 1 aliphatic carbocycles. The molecule has 1 aliphatic rings. The second kappa shape index (κ2) is 11.0. The van der Waals surface area contributed by atoms with Crippen LogP contribution in [0.4, 0.5) is 9.59 Å². The quantitative estimate of drug-likeness (QED) is 0.577. The molecule has 8 nitrogen and oxygen atoms in total. The van der Waals surface area contributed by atoms with Gasteiger partial charge in [-0.15, -0.1) is 0 Å². The van der Waals surface area contributed by atoms with Crippen LogP contribution in [0.2, 0.25) is 0 Å². The van der Waals surface area contributed by atoms with E-state index in [4.69, 9.17) is 19.7 Å². The molecule has 27 heavy (non-hydrogen) atoms. The van der Waals surface area contributed by atoms with Gasteiger partial charge in [-0.25, -0.2) is 9.59 Å². The first kappa shape index (κ1) is 25.0. The molecule has 0 aromatic heterocycles. The predicted octanol–water partition coefficient (Wildman–Crippen LogP) is 3.99. The van der Waals surface area contributed by atoms with Gasteiger partial charge < -0.3 is 25.6 Å². The molecule has 2 amide bonds. The molecule has 0 aromatic rings. The zero-order chi connectivity index (χ0) is 21.3. The van der Waals surface area contributed by atoms with E-state index < -0.39 is 23.9 Å². The number of rotatable bonds is 4. The third kappa shape index (κ3) is 14.8. The summed E-state index contributed by atoms with van der Waals surface area (Å²) in [7, 11) is 0. The Kier molecular flexibility index (Phi) is 10.2. The highest BCUT2D eigenvalue weighted by atomic mass is 16.6. The van der Waals surface area contributed by atoms with E-state index in [0.717, 1.165) is 25.7 Å². The fourth-order valence-corrected chi connectivity index (χ4v) is 2.82. The van der Waals surface area contributed by atoms with Crippen molar-refractivity contribution < 1.29 is 29.3 Å². The minimum absolute atomic E-state index is 0.0659. The predicted molar refractivity (Wildman–Crippen MR) is 103 cm³/mol. The average molecular weight is 389 g/mol. The van der Waals surface area contributed by atoms with Gasteiger partial charge in [0.15, 0.2) is 0 Å². The summed E-state index contributed by atoms with van der Waals surface area (Å²) in [6.07, 6.45) is 3.83. The maximum atomic E-state index is 12.6. The van der Waals surface area contributed by atoms with Gasteiger partial charge in [0.2, 0.25) is 5.91 Å². The van der Waals surface area contributed by atoms with Crippen LogP contribution in [0.1, 0.15) is 80.1 Å². The van der Waals surface area contributed by atoms with Crippen LogP contribution in [0.25, 0.3) is 0 Å². The molecular formula is C19H36N2O6. The number of carbonyl (C=O) groups excluding carboxylic acids is 2. The number of ether oxygens (including phenoxy) is 1. The third-order valence-electron chi connectivity index (χ3n) is 3.78. The molecule has 0 radical (unpaired) electrons. The monoisotopic (exact) mass is 388 g/mol. The van der Waals surface area contributed by atoms with Gasteiger partial charge in [-0.3, -0.25) is 4.79 Å². The normalized spacial score (nSPS) is 16.4. The zero-order valence-corrected chi connectivity index (χ0v) is 17.4. The van der Waals surface area contributed by atoms with Crippen molar-refractivity contribution >= 4 is 18.2 Å². The van der Waals surface area contributed by atoms with Crippen molar-refractivity contribution in [2.24, 2.45) is 5.41 Å². The van der Waals surface area contributed by atoms with Crippen molar-refractivity contribution in [3.05, 3.63) is 0 Å². The number of carbonyl (C=O) groups is 3. The highest BCUT2D eigenvalue weighted by molar-refractivity contribution is 5.86.